The molecule has 3 nitrogen and oxygen atoms in total. The first-order valence-corrected chi connectivity index (χ1v) is 6.33. The van der Waals surface area contributed by atoms with Crippen molar-refractivity contribution in [2.75, 3.05) is 17.2 Å². The molecule has 0 aliphatic heterocycles. The van der Waals surface area contributed by atoms with Gasteiger partial charge in [-0.15, -0.1) is 0 Å². The van der Waals surface area contributed by atoms with E-state index in [-0.39, 0.29) is 5.91 Å². The van der Waals surface area contributed by atoms with Gasteiger partial charge in [0.05, 0.1) is 0 Å². The molecule has 1 fully saturated rings. The molecule has 1 amide bonds. The van der Waals surface area contributed by atoms with Crippen LogP contribution in [-0.2, 0) is 4.79 Å². The van der Waals surface area contributed by atoms with Gasteiger partial charge in [-0.05, 0) is 43.4 Å². The maximum Gasteiger partial charge on any atom is 0.224 e. The van der Waals surface area contributed by atoms with Crippen LogP contribution < -0.4 is 10.6 Å². The molecular weight excluding hydrogens is 212 g/mol. The Bertz CT molecular complexity index is 411. The molecule has 2 N–H and O–H groups in total. The first kappa shape index (κ1) is 12.0. The van der Waals surface area contributed by atoms with Crippen LogP contribution in [0.3, 0.4) is 0 Å². The monoisotopic (exact) mass is 232 g/mol. The molecule has 1 saturated carbocycles. The summed E-state index contributed by atoms with van der Waals surface area (Å²) in [6.07, 6.45) is 3.20. The van der Waals surface area contributed by atoms with E-state index in [2.05, 4.69) is 17.6 Å². The molecular formula is C14H20N2O. The predicted octanol–water partition coefficient (Wildman–Crippen LogP) is 3.17. The third-order valence-corrected chi connectivity index (χ3v) is 3.12. The second-order valence-electron chi connectivity index (χ2n) is 4.76. The molecule has 0 unspecified atom stereocenters. The summed E-state index contributed by atoms with van der Waals surface area (Å²) in [5.74, 6) is 0.908. The third-order valence-electron chi connectivity index (χ3n) is 3.12. The van der Waals surface area contributed by atoms with Gasteiger partial charge in [0.1, 0.15) is 0 Å². The Morgan fingerprint density at radius 1 is 1.41 bits per heavy atom. The van der Waals surface area contributed by atoms with Crippen LogP contribution in [0.1, 0.15) is 31.7 Å². The van der Waals surface area contributed by atoms with Crippen LogP contribution in [0.25, 0.3) is 0 Å². The van der Waals surface area contributed by atoms with Crippen molar-refractivity contribution in [1.29, 1.82) is 0 Å². The number of aryl methyl sites for hydroxylation is 1. The molecule has 17 heavy (non-hydrogen) atoms. The zero-order valence-corrected chi connectivity index (χ0v) is 10.5. The Morgan fingerprint density at radius 3 is 2.82 bits per heavy atom. The lowest BCUT2D eigenvalue weighted by molar-refractivity contribution is -0.115. The Balaban J connectivity index is 2.02. The Hall–Kier alpha value is -1.51. The lowest BCUT2D eigenvalue weighted by Crippen LogP contribution is -2.10. The number of carbonyl (C=O) groups excluding carboxylic acids is 1. The predicted molar refractivity (Wildman–Crippen MR) is 71.3 cm³/mol. The Morgan fingerprint density at radius 2 is 2.18 bits per heavy atom. The van der Waals surface area contributed by atoms with Crippen LogP contribution in [0.15, 0.2) is 18.2 Å². The lowest BCUT2D eigenvalue weighted by Gasteiger charge is -2.11. The van der Waals surface area contributed by atoms with Crippen molar-refractivity contribution in [3.8, 4) is 0 Å². The molecule has 0 bridgehead atoms. The fraction of sp³-hybridized carbons (Fsp3) is 0.500. The lowest BCUT2D eigenvalue weighted by atomic mass is 10.1. The molecule has 0 aromatic heterocycles. The largest absolute Gasteiger partial charge is 0.384 e. The summed E-state index contributed by atoms with van der Waals surface area (Å²) in [5, 5.41) is 6.34. The molecule has 3 heteroatoms. The van der Waals surface area contributed by atoms with Crippen molar-refractivity contribution in [2.45, 2.75) is 33.1 Å². The highest BCUT2D eigenvalue weighted by Crippen LogP contribution is 2.30. The second kappa shape index (κ2) is 5.21. The summed E-state index contributed by atoms with van der Waals surface area (Å²) in [7, 11) is 0. The van der Waals surface area contributed by atoms with E-state index in [9.17, 15) is 4.79 Å². The van der Waals surface area contributed by atoms with Crippen molar-refractivity contribution >= 4 is 17.3 Å². The first-order chi connectivity index (χ1) is 8.19. The van der Waals surface area contributed by atoms with Gasteiger partial charge in [-0.25, -0.2) is 0 Å². The van der Waals surface area contributed by atoms with Gasteiger partial charge in [0.2, 0.25) is 5.91 Å². The quantitative estimate of drug-likeness (QED) is 0.818. The van der Waals surface area contributed by atoms with Gasteiger partial charge < -0.3 is 10.6 Å². The Labute approximate surface area is 103 Å². The van der Waals surface area contributed by atoms with Crippen LogP contribution in [0.5, 0.6) is 0 Å². The highest BCUT2D eigenvalue weighted by Gasteiger charge is 2.20. The normalized spacial score (nSPS) is 14.5. The first-order valence-electron chi connectivity index (χ1n) is 6.33. The molecule has 0 atom stereocenters. The van der Waals surface area contributed by atoms with E-state index in [1.165, 1.54) is 18.4 Å². The van der Waals surface area contributed by atoms with Gasteiger partial charge in [0.15, 0.2) is 0 Å². The second-order valence-corrected chi connectivity index (χ2v) is 4.76. The van der Waals surface area contributed by atoms with Gasteiger partial charge in [-0.2, -0.15) is 0 Å². The number of rotatable bonds is 5. The molecule has 0 radical (unpaired) electrons. The minimum atomic E-state index is 0.0574. The number of benzene rings is 1. The van der Waals surface area contributed by atoms with Crippen LogP contribution in [0.2, 0.25) is 0 Å². The van der Waals surface area contributed by atoms with Gasteiger partial charge in [0.25, 0.3) is 0 Å². The van der Waals surface area contributed by atoms with Crippen LogP contribution >= 0.6 is 0 Å². The number of amides is 1. The van der Waals surface area contributed by atoms with Gasteiger partial charge >= 0.3 is 0 Å². The SMILES string of the molecule is CCC(=O)Nc1ccc(C)c(NCC2CC2)c1. The van der Waals surface area contributed by atoms with Gasteiger partial charge in [-0.3, -0.25) is 4.79 Å². The summed E-state index contributed by atoms with van der Waals surface area (Å²) >= 11 is 0. The molecule has 2 rings (SSSR count). The van der Waals surface area contributed by atoms with Crippen molar-refractivity contribution in [2.24, 2.45) is 5.92 Å². The highest BCUT2D eigenvalue weighted by molar-refractivity contribution is 5.91. The fourth-order valence-electron chi connectivity index (χ4n) is 1.72. The zero-order valence-electron chi connectivity index (χ0n) is 10.5. The van der Waals surface area contributed by atoms with E-state index in [1.807, 2.05) is 25.1 Å². The molecule has 0 spiro atoms. The number of nitrogens with one attached hydrogen (secondary N) is 2. The van der Waals surface area contributed by atoms with Crippen LogP contribution in [0, 0.1) is 12.8 Å². The van der Waals surface area contributed by atoms with Gasteiger partial charge in [0, 0.05) is 24.3 Å². The average Bonchev–Trinajstić information content (AvgIpc) is 3.13. The van der Waals surface area contributed by atoms with Crippen LogP contribution in [-0.4, -0.2) is 12.5 Å². The highest BCUT2D eigenvalue weighted by atomic mass is 16.1. The van der Waals surface area contributed by atoms with E-state index in [0.29, 0.717) is 6.42 Å². The summed E-state index contributed by atoms with van der Waals surface area (Å²) in [6.45, 7) is 4.99. The number of carbonyl (C=O) groups is 1. The molecule has 0 heterocycles. The summed E-state index contributed by atoms with van der Waals surface area (Å²) in [4.78, 5) is 11.3. The van der Waals surface area contributed by atoms with E-state index in [0.717, 1.165) is 23.8 Å². The average molecular weight is 232 g/mol. The summed E-state index contributed by atoms with van der Waals surface area (Å²) in [5.41, 5.74) is 3.23. The van der Waals surface area contributed by atoms with Crippen LogP contribution in [0.4, 0.5) is 11.4 Å². The minimum absolute atomic E-state index is 0.0574. The minimum Gasteiger partial charge on any atom is -0.384 e. The van der Waals surface area contributed by atoms with Gasteiger partial charge in [-0.1, -0.05) is 13.0 Å². The van der Waals surface area contributed by atoms with E-state index in [1.54, 1.807) is 0 Å². The van der Waals surface area contributed by atoms with Crippen molar-refractivity contribution < 1.29 is 4.79 Å². The Kier molecular flexibility index (Phi) is 3.67. The summed E-state index contributed by atoms with van der Waals surface area (Å²) in [6, 6.07) is 6.01. The van der Waals surface area contributed by atoms with Crippen molar-refractivity contribution in [3.05, 3.63) is 23.8 Å². The third kappa shape index (κ3) is 3.48. The summed E-state index contributed by atoms with van der Waals surface area (Å²) < 4.78 is 0. The maximum atomic E-state index is 11.3. The molecule has 92 valence electrons. The molecule has 1 aliphatic rings. The van der Waals surface area contributed by atoms with E-state index < -0.39 is 0 Å². The zero-order chi connectivity index (χ0) is 12.3. The molecule has 1 aromatic carbocycles. The van der Waals surface area contributed by atoms with E-state index in [4.69, 9.17) is 0 Å². The topological polar surface area (TPSA) is 41.1 Å². The smallest absolute Gasteiger partial charge is 0.224 e. The van der Waals surface area contributed by atoms with Crippen molar-refractivity contribution in [1.82, 2.24) is 0 Å². The number of anilines is 2. The molecule has 1 aromatic rings. The number of hydrogen-bond acceptors (Lipinski definition) is 2. The molecule has 0 saturated heterocycles. The molecule has 1 aliphatic carbocycles. The fourth-order valence-corrected chi connectivity index (χ4v) is 1.72. The maximum absolute atomic E-state index is 11.3. The standard InChI is InChI=1S/C14H20N2O/c1-3-14(17)16-12-7-4-10(2)13(8-12)15-9-11-5-6-11/h4,7-8,11,15H,3,5-6,9H2,1-2H3,(H,16,17). The van der Waals surface area contributed by atoms with Crippen molar-refractivity contribution in [3.63, 3.8) is 0 Å². The number of hydrogen-bond donors (Lipinski definition) is 2. The van der Waals surface area contributed by atoms with E-state index >= 15 is 0 Å².